The second-order valence-corrected chi connectivity index (χ2v) is 11.8. The van der Waals surface area contributed by atoms with E-state index in [2.05, 4.69) is 5.32 Å². The quantitative estimate of drug-likeness (QED) is 0.203. The number of anilines is 1. The lowest BCUT2D eigenvalue weighted by Crippen LogP contribution is -2.47. The Labute approximate surface area is 253 Å². The maximum Gasteiger partial charge on any atom is 0.269 e. The molecule has 0 spiro atoms. The summed E-state index contributed by atoms with van der Waals surface area (Å²) in [7, 11) is 1.57. The van der Waals surface area contributed by atoms with E-state index < -0.39 is 17.8 Å². The maximum atomic E-state index is 15.6. The molecular weight excluding hydrogens is 563 g/mol. The van der Waals surface area contributed by atoms with Gasteiger partial charge in [0.05, 0.1) is 29.1 Å². The van der Waals surface area contributed by atoms with E-state index in [0.717, 1.165) is 53.7 Å². The van der Waals surface area contributed by atoms with E-state index in [1.54, 1.807) is 55.6 Å². The van der Waals surface area contributed by atoms with Gasteiger partial charge in [0.25, 0.3) is 5.91 Å². The third kappa shape index (κ3) is 5.77. The van der Waals surface area contributed by atoms with Gasteiger partial charge in [-0.3, -0.25) is 14.5 Å². The number of fused-ring (bicyclic) bond motifs is 1. The van der Waals surface area contributed by atoms with Crippen molar-refractivity contribution in [3.63, 3.8) is 0 Å². The minimum Gasteiger partial charge on any atom is -0.497 e. The molecular formula is C34H33FN4O3S. The number of thiophene rings is 1. The summed E-state index contributed by atoms with van der Waals surface area (Å²) in [6.45, 7) is 1.90. The van der Waals surface area contributed by atoms with Gasteiger partial charge in [-0.05, 0) is 67.8 Å². The molecule has 2 aromatic heterocycles. The molecule has 1 aliphatic carbocycles. The highest BCUT2D eigenvalue weighted by molar-refractivity contribution is 7.20. The van der Waals surface area contributed by atoms with Crippen molar-refractivity contribution >= 4 is 39.1 Å². The fourth-order valence-corrected chi connectivity index (χ4v) is 6.88. The Morgan fingerprint density at radius 1 is 1.00 bits per heavy atom. The molecule has 1 aliphatic rings. The molecule has 1 N–H and O–H groups in total. The Bertz CT molecular complexity index is 1740. The molecule has 0 aliphatic heterocycles. The van der Waals surface area contributed by atoms with Crippen LogP contribution in [-0.4, -0.2) is 34.7 Å². The summed E-state index contributed by atoms with van der Waals surface area (Å²) in [6.07, 6.45) is 4.96. The predicted molar refractivity (Wildman–Crippen MR) is 168 cm³/mol. The zero-order chi connectivity index (χ0) is 29.9. The fourth-order valence-electron chi connectivity index (χ4n) is 5.76. The van der Waals surface area contributed by atoms with E-state index in [4.69, 9.17) is 9.84 Å². The number of carbonyl (C=O) groups is 2. The number of hydrogen-bond donors (Lipinski definition) is 1. The van der Waals surface area contributed by atoms with Crippen molar-refractivity contribution in [2.75, 3.05) is 12.0 Å². The van der Waals surface area contributed by atoms with Crippen LogP contribution in [0.25, 0.3) is 15.9 Å². The normalized spacial score (nSPS) is 14.4. The van der Waals surface area contributed by atoms with Gasteiger partial charge in [-0.1, -0.05) is 61.7 Å². The predicted octanol–water partition coefficient (Wildman–Crippen LogP) is 7.38. The Kier molecular flexibility index (Phi) is 8.24. The van der Waals surface area contributed by atoms with Gasteiger partial charge in [0.15, 0.2) is 0 Å². The van der Waals surface area contributed by atoms with Crippen molar-refractivity contribution in [3.05, 3.63) is 107 Å². The second-order valence-electron chi connectivity index (χ2n) is 10.8. The van der Waals surface area contributed by atoms with Gasteiger partial charge in [0.1, 0.15) is 22.4 Å². The van der Waals surface area contributed by atoms with Crippen LogP contribution in [0.3, 0.4) is 0 Å². The van der Waals surface area contributed by atoms with Crippen LogP contribution in [0.1, 0.15) is 59.1 Å². The van der Waals surface area contributed by atoms with Crippen LogP contribution in [0.5, 0.6) is 5.75 Å². The average Bonchev–Trinajstić information content (AvgIpc) is 3.61. The van der Waals surface area contributed by atoms with Crippen LogP contribution in [0, 0.1) is 12.7 Å². The number of nitrogens with one attached hydrogen (secondary N) is 1. The number of carbonyl (C=O) groups excluding carboxylic acids is 2. The Morgan fingerprint density at radius 2 is 1.70 bits per heavy atom. The third-order valence-corrected chi connectivity index (χ3v) is 9.08. The van der Waals surface area contributed by atoms with E-state index in [-0.39, 0.29) is 17.6 Å². The molecule has 1 unspecified atom stereocenters. The van der Waals surface area contributed by atoms with E-state index in [0.29, 0.717) is 16.2 Å². The second kappa shape index (κ2) is 12.4. The summed E-state index contributed by atoms with van der Waals surface area (Å²) in [6, 6.07) is 23.5. The number of amides is 2. The summed E-state index contributed by atoms with van der Waals surface area (Å²) < 4.78 is 22.7. The summed E-state index contributed by atoms with van der Waals surface area (Å²) >= 11 is 1.28. The zero-order valence-corrected chi connectivity index (χ0v) is 24.9. The molecule has 1 atom stereocenters. The summed E-state index contributed by atoms with van der Waals surface area (Å²) in [4.78, 5) is 31.3. The number of methoxy groups -OCH3 is 1. The monoisotopic (exact) mass is 596 g/mol. The molecule has 6 rings (SSSR count). The molecule has 7 nitrogen and oxygen atoms in total. The first-order valence-corrected chi connectivity index (χ1v) is 15.3. The lowest BCUT2D eigenvalue weighted by Gasteiger charge is -2.33. The Morgan fingerprint density at radius 3 is 2.40 bits per heavy atom. The Balaban J connectivity index is 1.47. The van der Waals surface area contributed by atoms with Crippen molar-refractivity contribution in [2.45, 2.75) is 51.1 Å². The fraction of sp³-hybridized carbons (Fsp3) is 0.265. The topological polar surface area (TPSA) is 76.5 Å². The summed E-state index contributed by atoms with van der Waals surface area (Å²) in [5, 5.41) is 8.71. The van der Waals surface area contributed by atoms with Crippen LogP contribution in [-0.2, 0) is 4.79 Å². The van der Waals surface area contributed by atoms with Crippen LogP contribution in [0.15, 0.2) is 84.9 Å². The lowest BCUT2D eigenvalue weighted by molar-refractivity contribution is -0.123. The largest absolute Gasteiger partial charge is 0.497 e. The highest BCUT2D eigenvalue weighted by Gasteiger charge is 2.37. The van der Waals surface area contributed by atoms with Crippen molar-refractivity contribution in [1.82, 2.24) is 15.1 Å². The van der Waals surface area contributed by atoms with E-state index in [1.165, 1.54) is 22.3 Å². The SMILES string of the molecule is COc1ccc(C(C(=O)NC2CCCCC2)N(C(=O)c2cc3c(C)nn(-c4ccccc4)c3s2)c2ccccc2F)cc1. The molecule has 43 heavy (non-hydrogen) atoms. The van der Waals surface area contributed by atoms with E-state index in [9.17, 15) is 9.59 Å². The molecule has 2 heterocycles. The number of aromatic nitrogens is 2. The van der Waals surface area contributed by atoms with Gasteiger partial charge < -0.3 is 10.1 Å². The summed E-state index contributed by atoms with van der Waals surface area (Å²) in [5.41, 5.74) is 2.23. The molecule has 0 bridgehead atoms. The van der Waals surface area contributed by atoms with Crippen molar-refractivity contribution < 1.29 is 18.7 Å². The molecule has 1 saturated carbocycles. The van der Waals surface area contributed by atoms with Crippen molar-refractivity contribution in [1.29, 1.82) is 0 Å². The highest BCUT2D eigenvalue weighted by Crippen LogP contribution is 2.37. The number of rotatable bonds is 8. The Hall–Kier alpha value is -4.50. The molecule has 9 heteroatoms. The third-order valence-electron chi connectivity index (χ3n) is 7.98. The molecule has 3 aromatic carbocycles. The van der Waals surface area contributed by atoms with Gasteiger partial charge in [-0.15, -0.1) is 11.3 Å². The van der Waals surface area contributed by atoms with Gasteiger partial charge >= 0.3 is 0 Å². The molecule has 0 saturated heterocycles. The standard InChI is InChI=1S/C34H33FN4O3S/c1-22-27-21-30(43-34(27)39(37-22)25-13-7-4-8-14-25)33(41)38(29-16-10-9-15-28(29)35)31(23-17-19-26(42-2)20-18-23)32(40)36-24-11-5-3-6-12-24/h4,7-10,13-21,24,31H,3,5-6,11-12H2,1-2H3,(H,36,40). The minimum absolute atomic E-state index is 0.00315. The lowest BCUT2D eigenvalue weighted by atomic mass is 9.94. The van der Waals surface area contributed by atoms with Crippen LogP contribution < -0.4 is 15.0 Å². The number of nitrogens with zero attached hydrogens (tertiary/aromatic N) is 3. The number of benzene rings is 3. The number of aryl methyl sites for hydroxylation is 1. The molecule has 220 valence electrons. The molecule has 2 amide bonds. The first-order valence-electron chi connectivity index (χ1n) is 14.5. The van der Waals surface area contributed by atoms with Crippen LogP contribution in [0.4, 0.5) is 10.1 Å². The van der Waals surface area contributed by atoms with Crippen molar-refractivity contribution in [3.8, 4) is 11.4 Å². The smallest absolute Gasteiger partial charge is 0.269 e. The van der Waals surface area contributed by atoms with Crippen LogP contribution >= 0.6 is 11.3 Å². The van der Waals surface area contributed by atoms with Gasteiger partial charge in [-0.2, -0.15) is 5.10 Å². The van der Waals surface area contributed by atoms with Gasteiger partial charge in [-0.25, -0.2) is 9.07 Å². The number of para-hydroxylation sites is 2. The highest BCUT2D eigenvalue weighted by atomic mass is 32.1. The van der Waals surface area contributed by atoms with Crippen LogP contribution in [0.2, 0.25) is 0 Å². The molecule has 5 aromatic rings. The van der Waals surface area contributed by atoms with Crippen molar-refractivity contribution in [2.24, 2.45) is 0 Å². The summed E-state index contributed by atoms with van der Waals surface area (Å²) in [5.74, 6) is -0.789. The number of ether oxygens (including phenoxy) is 1. The van der Waals surface area contributed by atoms with E-state index >= 15 is 4.39 Å². The van der Waals surface area contributed by atoms with Gasteiger partial charge in [0, 0.05) is 11.4 Å². The first-order chi connectivity index (χ1) is 20.9. The number of halogens is 1. The number of hydrogen-bond acceptors (Lipinski definition) is 5. The zero-order valence-electron chi connectivity index (χ0n) is 24.1. The maximum absolute atomic E-state index is 15.6. The minimum atomic E-state index is -1.12. The molecule has 0 radical (unpaired) electrons. The molecule has 1 fully saturated rings. The van der Waals surface area contributed by atoms with E-state index in [1.807, 2.05) is 41.9 Å². The first kappa shape index (κ1) is 28.6. The van der Waals surface area contributed by atoms with Gasteiger partial charge in [0.2, 0.25) is 5.91 Å². The average molecular weight is 597 g/mol.